The van der Waals surface area contributed by atoms with Crippen molar-refractivity contribution in [3.63, 3.8) is 0 Å². The Labute approximate surface area is 199 Å². The predicted octanol–water partition coefficient (Wildman–Crippen LogP) is 5.45. The maximum absolute atomic E-state index is 6.77. The van der Waals surface area contributed by atoms with Gasteiger partial charge in [-0.15, -0.1) is 0 Å². The highest BCUT2D eigenvalue weighted by molar-refractivity contribution is 6.34. The first-order valence-corrected chi connectivity index (χ1v) is 12.4. The number of furan rings is 1. The van der Waals surface area contributed by atoms with Crippen LogP contribution in [0.4, 0.5) is 11.4 Å². The molecule has 4 heterocycles. The molecule has 2 aliphatic heterocycles. The zero-order chi connectivity index (χ0) is 22.4. The van der Waals surface area contributed by atoms with Gasteiger partial charge in [-0.3, -0.25) is 9.88 Å². The number of aromatic nitrogens is 1. The molecule has 1 aliphatic carbocycles. The van der Waals surface area contributed by atoms with Gasteiger partial charge in [-0.05, 0) is 37.1 Å². The minimum absolute atomic E-state index is 0.148. The molecule has 2 aromatic heterocycles. The molecule has 1 spiro atoms. The van der Waals surface area contributed by atoms with Gasteiger partial charge in [0, 0.05) is 55.2 Å². The summed E-state index contributed by atoms with van der Waals surface area (Å²) in [5.41, 5.74) is 4.21. The molecule has 6 nitrogen and oxygen atoms in total. The minimum Gasteiger partial charge on any atom is -0.459 e. The van der Waals surface area contributed by atoms with Gasteiger partial charge in [0.25, 0.3) is 0 Å². The number of nitrogens with one attached hydrogen (secondary N) is 2. The van der Waals surface area contributed by atoms with Crippen LogP contribution in [0.15, 0.2) is 53.5 Å². The summed E-state index contributed by atoms with van der Waals surface area (Å²) >= 11 is 6.77. The Morgan fingerprint density at radius 2 is 1.82 bits per heavy atom. The lowest BCUT2D eigenvalue weighted by Gasteiger charge is -2.44. The average molecular weight is 464 g/mol. The van der Waals surface area contributed by atoms with Crippen molar-refractivity contribution < 1.29 is 4.42 Å². The van der Waals surface area contributed by atoms with Gasteiger partial charge in [0.1, 0.15) is 11.3 Å². The van der Waals surface area contributed by atoms with Crippen molar-refractivity contribution in [3.05, 3.63) is 65.4 Å². The highest BCUT2D eigenvalue weighted by Gasteiger charge is 2.42. The Balaban J connectivity index is 1.27. The van der Waals surface area contributed by atoms with E-state index in [1.807, 2.05) is 18.5 Å². The highest BCUT2D eigenvalue weighted by atomic mass is 35.5. The summed E-state index contributed by atoms with van der Waals surface area (Å²) in [6, 6.07) is 8.38. The van der Waals surface area contributed by atoms with Crippen LogP contribution in [0.3, 0.4) is 0 Å². The predicted molar refractivity (Wildman–Crippen MR) is 134 cm³/mol. The summed E-state index contributed by atoms with van der Waals surface area (Å²) in [6.07, 6.45) is 9.54. The number of benzene rings is 1. The number of halogens is 1. The third-order valence-electron chi connectivity index (χ3n) is 7.44. The Hall–Kier alpha value is -2.70. The van der Waals surface area contributed by atoms with Crippen LogP contribution in [0, 0.1) is 0 Å². The molecule has 2 N–H and O–H groups in total. The molecule has 3 aliphatic rings. The van der Waals surface area contributed by atoms with Crippen LogP contribution in [0.5, 0.6) is 0 Å². The summed E-state index contributed by atoms with van der Waals surface area (Å²) in [4.78, 5) is 9.02. The summed E-state index contributed by atoms with van der Waals surface area (Å²) < 4.78 is 6.57. The SMILES string of the molecule is C=C1Nc2c(Cl)cc3cc(CN4CCN(c5ccncc5)CC4)oc3c2C2(CCCCC2)N1. The normalized spacial score (nSPS) is 20.5. The first-order valence-electron chi connectivity index (χ1n) is 12.0. The zero-order valence-corrected chi connectivity index (χ0v) is 19.6. The van der Waals surface area contributed by atoms with Gasteiger partial charge < -0.3 is 20.0 Å². The summed E-state index contributed by atoms with van der Waals surface area (Å²) in [5, 5.41) is 8.89. The summed E-state index contributed by atoms with van der Waals surface area (Å²) in [6.45, 7) is 9.00. The van der Waals surface area contributed by atoms with E-state index >= 15 is 0 Å². The third kappa shape index (κ3) is 3.75. The van der Waals surface area contributed by atoms with Crippen LogP contribution in [-0.4, -0.2) is 36.1 Å². The third-order valence-corrected chi connectivity index (χ3v) is 7.74. The molecule has 0 amide bonds. The first kappa shape index (κ1) is 20.9. The Morgan fingerprint density at radius 1 is 1.06 bits per heavy atom. The molecule has 0 atom stereocenters. The molecule has 1 saturated carbocycles. The number of anilines is 2. The van der Waals surface area contributed by atoms with Crippen molar-refractivity contribution in [1.82, 2.24) is 15.2 Å². The molecule has 2 fully saturated rings. The second-order valence-corrected chi connectivity index (χ2v) is 9.99. The number of hydrogen-bond donors (Lipinski definition) is 2. The fourth-order valence-corrected chi connectivity index (χ4v) is 6.12. The molecule has 33 heavy (non-hydrogen) atoms. The molecule has 3 aromatic rings. The lowest BCUT2D eigenvalue weighted by molar-refractivity contribution is 0.230. The van der Waals surface area contributed by atoms with Gasteiger partial charge in [-0.25, -0.2) is 0 Å². The van der Waals surface area contributed by atoms with Crippen LogP contribution in [0.25, 0.3) is 11.0 Å². The van der Waals surface area contributed by atoms with E-state index < -0.39 is 0 Å². The standard InChI is InChI=1S/C26H30ClN5O/c1-18-29-24-22(27)16-19-15-21(33-25(19)23(24)26(30-18)7-3-2-4-8-26)17-31-11-13-32(14-12-31)20-5-9-28-10-6-20/h5-6,9-10,15-16,29-30H,1-4,7-8,11-14,17H2. The highest BCUT2D eigenvalue weighted by Crippen LogP contribution is 2.49. The topological polar surface area (TPSA) is 56.6 Å². The average Bonchev–Trinajstić information content (AvgIpc) is 3.22. The van der Waals surface area contributed by atoms with Crippen molar-refractivity contribution >= 4 is 33.9 Å². The lowest BCUT2D eigenvalue weighted by atomic mass is 9.74. The molecule has 1 saturated heterocycles. The summed E-state index contributed by atoms with van der Waals surface area (Å²) in [5.74, 6) is 1.83. The van der Waals surface area contributed by atoms with Crippen molar-refractivity contribution in [1.29, 1.82) is 0 Å². The molecule has 0 bridgehead atoms. The van der Waals surface area contributed by atoms with E-state index in [0.29, 0.717) is 0 Å². The number of fused-ring (bicyclic) bond motifs is 4. The Kier molecular flexibility index (Phi) is 5.23. The van der Waals surface area contributed by atoms with Crippen molar-refractivity contribution in [2.45, 2.75) is 44.2 Å². The van der Waals surface area contributed by atoms with Gasteiger partial charge >= 0.3 is 0 Å². The molecule has 172 valence electrons. The van der Waals surface area contributed by atoms with E-state index in [1.165, 1.54) is 30.5 Å². The van der Waals surface area contributed by atoms with E-state index in [9.17, 15) is 0 Å². The zero-order valence-electron chi connectivity index (χ0n) is 18.9. The number of pyridine rings is 1. The van der Waals surface area contributed by atoms with Crippen LogP contribution >= 0.6 is 11.6 Å². The number of rotatable bonds is 3. The van der Waals surface area contributed by atoms with Crippen molar-refractivity contribution in [3.8, 4) is 0 Å². The van der Waals surface area contributed by atoms with Gasteiger partial charge in [-0.1, -0.05) is 37.4 Å². The Bertz CT molecular complexity index is 1180. The largest absolute Gasteiger partial charge is 0.459 e. The molecule has 1 aromatic carbocycles. The molecular formula is C26H30ClN5O. The van der Waals surface area contributed by atoms with Gasteiger partial charge in [0.2, 0.25) is 0 Å². The lowest BCUT2D eigenvalue weighted by Crippen LogP contribution is -2.48. The maximum atomic E-state index is 6.77. The maximum Gasteiger partial charge on any atom is 0.142 e. The van der Waals surface area contributed by atoms with Gasteiger partial charge in [0.05, 0.1) is 28.6 Å². The van der Waals surface area contributed by atoms with E-state index in [0.717, 1.165) is 78.8 Å². The second-order valence-electron chi connectivity index (χ2n) is 9.58. The first-order chi connectivity index (χ1) is 16.1. The molecule has 0 radical (unpaired) electrons. The van der Waals surface area contributed by atoms with E-state index in [4.69, 9.17) is 16.0 Å². The fourth-order valence-electron chi connectivity index (χ4n) is 5.86. The monoisotopic (exact) mass is 463 g/mol. The molecule has 6 rings (SSSR count). The number of hydrogen-bond acceptors (Lipinski definition) is 6. The van der Waals surface area contributed by atoms with Crippen LogP contribution in [0.2, 0.25) is 5.02 Å². The number of piperazine rings is 1. The minimum atomic E-state index is -0.148. The van der Waals surface area contributed by atoms with Crippen LogP contribution in [0.1, 0.15) is 43.4 Å². The fraction of sp³-hybridized carbons (Fsp3) is 0.423. The molecule has 7 heteroatoms. The van der Waals surface area contributed by atoms with E-state index in [-0.39, 0.29) is 5.54 Å². The van der Waals surface area contributed by atoms with Gasteiger partial charge in [0.15, 0.2) is 0 Å². The van der Waals surface area contributed by atoms with Gasteiger partial charge in [-0.2, -0.15) is 0 Å². The second kappa shape index (κ2) is 8.26. The molecular weight excluding hydrogens is 434 g/mol. The van der Waals surface area contributed by atoms with Crippen molar-refractivity contribution in [2.24, 2.45) is 0 Å². The van der Waals surface area contributed by atoms with Crippen LogP contribution < -0.4 is 15.5 Å². The Morgan fingerprint density at radius 3 is 2.58 bits per heavy atom. The van der Waals surface area contributed by atoms with Crippen molar-refractivity contribution in [2.75, 3.05) is 36.4 Å². The van der Waals surface area contributed by atoms with E-state index in [1.54, 1.807) is 0 Å². The smallest absolute Gasteiger partial charge is 0.142 e. The number of nitrogens with zero attached hydrogens (tertiary/aromatic N) is 3. The summed E-state index contributed by atoms with van der Waals surface area (Å²) in [7, 11) is 0. The van der Waals surface area contributed by atoms with E-state index in [2.05, 4.69) is 50.2 Å². The quantitative estimate of drug-likeness (QED) is 0.538. The van der Waals surface area contributed by atoms with Crippen LogP contribution in [-0.2, 0) is 12.1 Å². The molecule has 0 unspecified atom stereocenters.